The van der Waals surface area contributed by atoms with Crippen molar-refractivity contribution in [3.05, 3.63) is 59.0 Å². The summed E-state index contributed by atoms with van der Waals surface area (Å²) in [6.45, 7) is 1.44. The smallest absolute Gasteiger partial charge is 0.315 e. The van der Waals surface area contributed by atoms with Crippen molar-refractivity contribution in [2.75, 3.05) is 25.9 Å². The molecular weight excluding hydrogens is 500 g/mol. The number of rotatable bonds is 7. The van der Waals surface area contributed by atoms with Crippen molar-refractivity contribution < 1.29 is 27.5 Å². The molecule has 3 aromatic rings. The van der Waals surface area contributed by atoms with E-state index in [-0.39, 0.29) is 36.2 Å². The Morgan fingerprint density at radius 1 is 1.11 bits per heavy atom. The maximum Gasteiger partial charge on any atom is 0.315 e. The fourth-order valence-corrected chi connectivity index (χ4v) is 5.41. The van der Waals surface area contributed by atoms with Crippen LogP contribution in [0.15, 0.2) is 36.5 Å². The SMILES string of the molecule is CS(=O)(=O)N1CCC(CNC(=O)c2cc(C(=O)NCc3ccc4c(c3)CC(=O)O4)nc3ccnn23)CC1. The molecule has 1 aromatic carbocycles. The second-order valence-electron chi connectivity index (χ2n) is 9.22. The highest BCUT2D eigenvalue weighted by atomic mass is 32.2. The average molecular weight is 527 g/mol. The first-order valence-electron chi connectivity index (χ1n) is 11.9. The molecule has 0 aliphatic carbocycles. The first-order chi connectivity index (χ1) is 17.7. The average Bonchev–Trinajstić information content (AvgIpc) is 3.50. The highest BCUT2D eigenvalue weighted by Crippen LogP contribution is 2.26. The molecule has 0 atom stereocenters. The summed E-state index contributed by atoms with van der Waals surface area (Å²) in [7, 11) is -3.21. The molecule has 4 heterocycles. The van der Waals surface area contributed by atoms with Gasteiger partial charge in [-0.25, -0.2) is 22.2 Å². The summed E-state index contributed by atoms with van der Waals surface area (Å²) in [6.07, 6.45) is 4.20. The van der Waals surface area contributed by atoms with Crippen molar-refractivity contribution in [2.45, 2.75) is 25.8 Å². The fourth-order valence-electron chi connectivity index (χ4n) is 4.53. The second kappa shape index (κ2) is 9.90. The van der Waals surface area contributed by atoms with Gasteiger partial charge in [0.15, 0.2) is 5.65 Å². The number of hydrogen-bond acceptors (Lipinski definition) is 8. The first kappa shape index (κ1) is 24.8. The van der Waals surface area contributed by atoms with Gasteiger partial charge in [0.2, 0.25) is 10.0 Å². The van der Waals surface area contributed by atoms with Gasteiger partial charge in [0.25, 0.3) is 11.8 Å². The van der Waals surface area contributed by atoms with Crippen molar-refractivity contribution in [3.63, 3.8) is 0 Å². The number of aromatic nitrogens is 3. The molecule has 2 aliphatic rings. The van der Waals surface area contributed by atoms with Crippen LogP contribution < -0.4 is 15.4 Å². The van der Waals surface area contributed by atoms with Crippen molar-refractivity contribution >= 4 is 33.5 Å². The monoisotopic (exact) mass is 526 g/mol. The van der Waals surface area contributed by atoms with Gasteiger partial charge in [-0.1, -0.05) is 6.07 Å². The summed E-state index contributed by atoms with van der Waals surface area (Å²) in [5.74, 6) is -0.491. The summed E-state index contributed by atoms with van der Waals surface area (Å²) in [6, 6.07) is 8.28. The van der Waals surface area contributed by atoms with E-state index in [0.29, 0.717) is 43.9 Å². The molecule has 12 nitrogen and oxygen atoms in total. The van der Waals surface area contributed by atoms with Gasteiger partial charge in [-0.05, 0) is 36.5 Å². The second-order valence-corrected chi connectivity index (χ2v) is 11.2. The molecule has 2 amide bonds. The van der Waals surface area contributed by atoms with Gasteiger partial charge in [-0.2, -0.15) is 5.10 Å². The summed E-state index contributed by atoms with van der Waals surface area (Å²) in [5.41, 5.74) is 2.17. The summed E-state index contributed by atoms with van der Waals surface area (Å²) >= 11 is 0. The number of hydrogen-bond donors (Lipinski definition) is 2. The molecule has 0 unspecified atom stereocenters. The lowest BCUT2D eigenvalue weighted by molar-refractivity contribution is -0.131. The van der Waals surface area contributed by atoms with Gasteiger partial charge < -0.3 is 15.4 Å². The van der Waals surface area contributed by atoms with Crippen LogP contribution in [-0.4, -0.2) is 71.0 Å². The molecule has 2 N–H and O–H groups in total. The van der Waals surface area contributed by atoms with E-state index in [1.54, 1.807) is 18.2 Å². The number of piperidine rings is 1. The third kappa shape index (κ3) is 5.47. The van der Waals surface area contributed by atoms with Crippen LogP contribution >= 0.6 is 0 Å². The number of amides is 2. The number of nitrogens with zero attached hydrogens (tertiary/aromatic N) is 4. The lowest BCUT2D eigenvalue weighted by Crippen LogP contribution is -2.41. The molecule has 2 aromatic heterocycles. The van der Waals surface area contributed by atoms with E-state index in [9.17, 15) is 22.8 Å². The van der Waals surface area contributed by atoms with E-state index < -0.39 is 21.8 Å². The Morgan fingerprint density at radius 3 is 2.65 bits per heavy atom. The Hall–Kier alpha value is -3.84. The zero-order valence-electron chi connectivity index (χ0n) is 20.1. The third-order valence-corrected chi connectivity index (χ3v) is 7.86. The number of benzene rings is 1. The Kier molecular flexibility index (Phi) is 6.65. The number of nitrogens with one attached hydrogen (secondary N) is 2. The molecule has 5 rings (SSSR count). The first-order valence-corrected chi connectivity index (χ1v) is 13.7. The van der Waals surface area contributed by atoms with Crippen LogP contribution in [0.1, 0.15) is 44.9 Å². The summed E-state index contributed by atoms with van der Waals surface area (Å²) in [5, 5.41) is 9.84. The van der Waals surface area contributed by atoms with E-state index in [0.717, 1.165) is 11.1 Å². The van der Waals surface area contributed by atoms with E-state index in [1.165, 1.54) is 27.3 Å². The topological polar surface area (TPSA) is 152 Å². The largest absolute Gasteiger partial charge is 0.426 e. The number of ether oxygens (including phenoxy) is 1. The molecule has 0 bridgehead atoms. The molecular formula is C24H26N6O6S. The number of carbonyl (C=O) groups is 3. The van der Waals surface area contributed by atoms with Gasteiger partial charge in [0.05, 0.1) is 18.9 Å². The number of carbonyl (C=O) groups excluding carboxylic acids is 3. The maximum atomic E-state index is 13.0. The Labute approximate surface area is 213 Å². The van der Waals surface area contributed by atoms with Crippen LogP contribution in [0.25, 0.3) is 5.65 Å². The number of esters is 1. The van der Waals surface area contributed by atoms with Crippen LogP contribution in [0.3, 0.4) is 0 Å². The van der Waals surface area contributed by atoms with Crippen molar-refractivity contribution in [1.29, 1.82) is 0 Å². The lowest BCUT2D eigenvalue weighted by atomic mass is 9.98. The maximum absolute atomic E-state index is 13.0. The standard InChI is InChI=1S/C24H26N6O6S/c1-37(34,35)29-8-5-15(6-9-29)13-26-24(33)19-12-18(28-21-4-7-27-30(19)21)23(32)25-14-16-2-3-20-17(10-16)11-22(31)36-20/h2-4,7,10,12,15H,5-6,8-9,11,13-14H2,1H3,(H,25,32)(H,26,33). The van der Waals surface area contributed by atoms with Crippen molar-refractivity contribution in [2.24, 2.45) is 5.92 Å². The normalized spacial score (nSPS) is 16.4. The predicted octanol–water partition coefficient (Wildman–Crippen LogP) is 0.522. The molecule has 0 radical (unpaired) electrons. The molecule has 37 heavy (non-hydrogen) atoms. The zero-order chi connectivity index (χ0) is 26.2. The minimum atomic E-state index is -3.21. The molecule has 1 saturated heterocycles. The summed E-state index contributed by atoms with van der Waals surface area (Å²) in [4.78, 5) is 41.7. The summed E-state index contributed by atoms with van der Waals surface area (Å²) < 4.78 is 31.3. The van der Waals surface area contributed by atoms with E-state index in [1.807, 2.05) is 6.07 Å². The Morgan fingerprint density at radius 2 is 1.89 bits per heavy atom. The lowest BCUT2D eigenvalue weighted by Gasteiger charge is -2.30. The van der Waals surface area contributed by atoms with Gasteiger partial charge in [-0.15, -0.1) is 0 Å². The van der Waals surface area contributed by atoms with Gasteiger partial charge in [-0.3, -0.25) is 14.4 Å². The minimum Gasteiger partial charge on any atom is -0.426 e. The molecule has 13 heteroatoms. The van der Waals surface area contributed by atoms with Crippen LogP contribution in [0.2, 0.25) is 0 Å². The molecule has 194 valence electrons. The van der Waals surface area contributed by atoms with Gasteiger partial charge in [0.1, 0.15) is 17.1 Å². The van der Waals surface area contributed by atoms with Crippen molar-refractivity contribution in [1.82, 2.24) is 29.5 Å². The number of fused-ring (bicyclic) bond motifs is 2. The Balaban J connectivity index is 1.24. The Bertz CT molecular complexity index is 1490. The molecule has 0 spiro atoms. The van der Waals surface area contributed by atoms with Crippen molar-refractivity contribution in [3.8, 4) is 5.75 Å². The number of sulfonamides is 1. The van der Waals surface area contributed by atoms with E-state index in [4.69, 9.17) is 4.74 Å². The molecule has 1 fully saturated rings. The van der Waals surface area contributed by atoms with Gasteiger partial charge in [0, 0.05) is 43.9 Å². The van der Waals surface area contributed by atoms with E-state index in [2.05, 4.69) is 20.7 Å². The highest BCUT2D eigenvalue weighted by molar-refractivity contribution is 7.88. The van der Waals surface area contributed by atoms with Crippen LogP contribution in [-0.2, 0) is 27.8 Å². The van der Waals surface area contributed by atoms with Crippen LogP contribution in [0, 0.1) is 5.92 Å². The van der Waals surface area contributed by atoms with E-state index >= 15 is 0 Å². The van der Waals surface area contributed by atoms with Crippen LogP contribution in [0.5, 0.6) is 5.75 Å². The molecule has 2 aliphatic heterocycles. The van der Waals surface area contributed by atoms with Gasteiger partial charge >= 0.3 is 5.97 Å². The highest BCUT2D eigenvalue weighted by Gasteiger charge is 2.26. The quantitative estimate of drug-likeness (QED) is 0.334. The third-order valence-electron chi connectivity index (χ3n) is 6.56. The zero-order valence-corrected chi connectivity index (χ0v) is 21.0. The minimum absolute atomic E-state index is 0.0688. The predicted molar refractivity (Wildman–Crippen MR) is 131 cm³/mol. The van der Waals surface area contributed by atoms with Crippen LogP contribution in [0.4, 0.5) is 0 Å². The molecule has 0 saturated carbocycles. The fraction of sp³-hybridized carbons (Fsp3) is 0.375.